The van der Waals surface area contributed by atoms with Crippen LogP contribution in [0.2, 0.25) is 0 Å². The first-order valence-corrected chi connectivity index (χ1v) is 6.78. The van der Waals surface area contributed by atoms with E-state index in [0.29, 0.717) is 12.3 Å². The quantitative estimate of drug-likeness (QED) is 0.471. The minimum atomic E-state index is -0.406. The average molecular weight is 372 g/mol. The summed E-state index contributed by atoms with van der Waals surface area (Å²) in [7, 11) is 1.59. The van der Waals surface area contributed by atoms with Crippen LogP contribution in [0.3, 0.4) is 0 Å². The van der Waals surface area contributed by atoms with Crippen molar-refractivity contribution in [3.63, 3.8) is 0 Å². The maximum Gasteiger partial charge on any atom is 0.358 e. The van der Waals surface area contributed by atoms with Crippen molar-refractivity contribution in [2.75, 3.05) is 13.7 Å². The number of methoxy groups -OCH3 is 1. The lowest BCUT2D eigenvalue weighted by molar-refractivity contribution is 0.0520. The summed E-state index contributed by atoms with van der Waals surface area (Å²) in [6.45, 7) is 2.11. The maximum atomic E-state index is 11.6. The number of fused-ring (bicyclic) bond motifs is 1. The SMILES string of the molecule is CCOC(=O)c1cn2cc(C=COC)cc(I)c2n1. The van der Waals surface area contributed by atoms with Gasteiger partial charge in [0.25, 0.3) is 0 Å². The first-order chi connectivity index (χ1) is 9.15. The second kappa shape index (κ2) is 6.05. The molecule has 2 aromatic heterocycles. The summed E-state index contributed by atoms with van der Waals surface area (Å²) in [6, 6.07) is 1.97. The third-order valence-corrected chi connectivity index (χ3v) is 3.20. The van der Waals surface area contributed by atoms with Crippen LogP contribution in [-0.4, -0.2) is 29.1 Å². The normalized spacial score (nSPS) is 11.1. The average Bonchev–Trinajstić information content (AvgIpc) is 2.81. The first-order valence-electron chi connectivity index (χ1n) is 5.70. The van der Waals surface area contributed by atoms with Gasteiger partial charge < -0.3 is 13.9 Å². The Morgan fingerprint density at radius 3 is 3.00 bits per heavy atom. The molecule has 100 valence electrons. The van der Waals surface area contributed by atoms with Crippen LogP contribution in [0.15, 0.2) is 24.7 Å². The van der Waals surface area contributed by atoms with E-state index in [1.165, 1.54) is 0 Å². The Morgan fingerprint density at radius 2 is 2.32 bits per heavy atom. The molecular weight excluding hydrogens is 359 g/mol. The van der Waals surface area contributed by atoms with Crippen LogP contribution in [0, 0.1) is 3.57 Å². The van der Waals surface area contributed by atoms with Crippen LogP contribution in [0.1, 0.15) is 23.0 Å². The van der Waals surface area contributed by atoms with E-state index in [4.69, 9.17) is 9.47 Å². The highest BCUT2D eigenvalue weighted by Crippen LogP contribution is 2.17. The largest absolute Gasteiger partial charge is 0.504 e. The van der Waals surface area contributed by atoms with E-state index in [0.717, 1.165) is 14.8 Å². The molecule has 0 bridgehead atoms. The van der Waals surface area contributed by atoms with Gasteiger partial charge in [-0.25, -0.2) is 9.78 Å². The lowest BCUT2D eigenvalue weighted by Gasteiger charge is -1.99. The highest BCUT2D eigenvalue weighted by molar-refractivity contribution is 14.1. The van der Waals surface area contributed by atoms with Gasteiger partial charge in [-0.05, 0) is 47.2 Å². The Morgan fingerprint density at radius 1 is 1.53 bits per heavy atom. The number of imidazole rings is 1. The maximum absolute atomic E-state index is 11.6. The van der Waals surface area contributed by atoms with Gasteiger partial charge in [0, 0.05) is 12.4 Å². The van der Waals surface area contributed by atoms with Gasteiger partial charge in [-0.1, -0.05) is 0 Å². The van der Waals surface area contributed by atoms with Crippen molar-refractivity contribution in [3.05, 3.63) is 39.5 Å². The minimum absolute atomic E-state index is 0.313. The number of nitrogens with zero attached hydrogens (tertiary/aromatic N) is 2. The predicted molar refractivity (Wildman–Crippen MR) is 79.9 cm³/mol. The summed E-state index contributed by atoms with van der Waals surface area (Å²) >= 11 is 2.18. The molecule has 0 aliphatic heterocycles. The molecule has 0 saturated carbocycles. The zero-order chi connectivity index (χ0) is 13.8. The fourth-order valence-corrected chi connectivity index (χ4v) is 2.38. The molecule has 0 amide bonds. The smallest absolute Gasteiger partial charge is 0.358 e. The van der Waals surface area contributed by atoms with Crippen LogP contribution >= 0.6 is 22.6 Å². The van der Waals surface area contributed by atoms with E-state index in [-0.39, 0.29) is 0 Å². The zero-order valence-electron chi connectivity index (χ0n) is 10.6. The molecule has 0 atom stereocenters. The Kier molecular flexibility index (Phi) is 4.41. The second-order valence-electron chi connectivity index (χ2n) is 3.74. The van der Waals surface area contributed by atoms with Crippen molar-refractivity contribution >= 4 is 40.3 Å². The highest BCUT2D eigenvalue weighted by atomic mass is 127. The standard InChI is InChI=1S/C13H13IN2O3/c1-3-19-13(17)11-8-16-7-9(4-5-18-2)6-10(14)12(16)15-11/h4-8H,3H2,1-2H3. The Labute approximate surface area is 124 Å². The van der Waals surface area contributed by atoms with Crippen LogP contribution in [0.5, 0.6) is 0 Å². The lowest BCUT2D eigenvalue weighted by atomic mass is 10.3. The van der Waals surface area contributed by atoms with Crippen molar-refractivity contribution in [1.29, 1.82) is 0 Å². The Balaban J connectivity index is 2.44. The molecule has 0 aliphatic rings. The zero-order valence-corrected chi connectivity index (χ0v) is 12.7. The molecule has 2 aromatic rings. The summed E-state index contributed by atoms with van der Waals surface area (Å²) in [5, 5.41) is 0. The predicted octanol–water partition coefficient (Wildman–Crippen LogP) is 2.73. The fourth-order valence-electron chi connectivity index (χ4n) is 1.62. The third kappa shape index (κ3) is 3.06. The Bertz CT molecular complexity index is 634. The van der Waals surface area contributed by atoms with Crippen molar-refractivity contribution in [2.24, 2.45) is 0 Å². The first kappa shape index (κ1) is 13.9. The summed E-state index contributed by atoms with van der Waals surface area (Å²) in [4.78, 5) is 15.9. The van der Waals surface area contributed by atoms with Crippen LogP contribution in [0.4, 0.5) is 0 Å². The molecule has 5 nitrogen and oxygen atoms in total. The summed E-state index contributed by atoms with van der Waals surface area (Å²) in [6.07, 6.45) is 6.98. The number of carbonyl (C=O) groups excluding carboxylic acids is 1. The summed E-state index contributed by atoms with van der Waals surface area (Å²) in [5.41, 5.74) is 2.01. The molecule has 2 heterocycles. The molecule has 0 aromatic carbocycles. The number of pyridine rings is 1. The van der Waals surface area contributed by atoms with E-state index in [2.05, 4.69) is 27.6 Å². The molecule has 19 heavy (non-hydrogen) atoms. The molecule has 0 aliphatic carbocycles. The van der Waals surface area contributed by atoms with Gasteiger partial charge >= 0.3 is 5.97 Å². The summed E-state index contributed by atoms with van der Waals surface area (Å²) in [5.74, 6) is -0.406. The topological polar surface area (TPSA) is 52.8 Å². The lowest BCUT2D eigenvalue weighted by Crippen LogP contribution is -2.04. The van der Waals surface area contributed by atoms with Gasteiger partial charge in [0.2, 0.25) is 0 Å². The molecule has 6 heteroatoms. The minimum Gasteiger partial charge on any atom is -0.504 e. The van der Waals surface area contributed by atoms with E-state index in [9.17, 15) is 4.79 Å². The number of esters is 1. The van der Waals surface area contributed by atoms with Crippen molar-refractivity contribution in [3.8, 4) is 0 Å². The molecule has 0 unspecified atom stereocenters. The second-order valence-corrected chi connectivity index (χ2v) is 4.90. The molecule has 2 rings (SSSR count). The fraction of sp³-hybridized carbons (Fsp3) is 0.231. The van der Waals surface area contributed by atoms with Gasteiger partial charge in [-0.3, -0.25) is 0 Å². The summed E-state index contributed by atoms with van der Waals surface area (Å²) < 4.78 is 12.6. The Hall–Kier alpha value is -1.57. The van der Waals surface area contributed by atoms with Gasteiger partial charge in [-0.15, -0.1) is 0 Å². The number of halogens is 1. The number of rotatable bonds is 4. The van der Waals surface area contributed by atoms with Crippen molar-refractivity contribution in [1.82, 2.24) is 9.38 Å². The third-order valence-electron chi connectivity index (χ3n) is 2.41. The monoisotopic (exact) mass is 372 g/mol. The van der Waals surface area contributed by atoms with Crippen LogP contribution in [-0.2, 0) is 9.47 Å². The molecule has 0 saturated heterocycles. The van der Waals surface area contributed by atoms with E-state index in [1.54, 1.807) is 26.5 Å². The van der Waals surface area contributed by atoms with Crippen LogP contribution in [0.25, 0.3) is 11.7 Å². The van der Waals surface area contributed by atoms with Crippen LogP contribution < -0.4 is 0 Å². The molecule has 0 radical (unpaired) electrons. The van der Waals surface area contributed by atoms with Gasteiger partial charge in [0.15, 0.2) is 11.3 Å². The number of carbonyl (C=O) groups is 1. The van der Waals surface area contributed by atoms with Crippen molar-refractivity contribution < 1.29 is 14.3 Å². The number of hydrogen-bond acceptors (Lipinski definition) is 4. The number of ether oxygens (including phenoxy) is 2. The van der Waals surface area contributed by atoms with E-state index in [1.807, 2.05) is 22.7 Å². The molecule has 0 fully saturated rings. The van der Waals surface area contributed by atoms with E-state index < -0.39 is 5.97 Å². The van der Waals surface area contributed by atoms with Gasteiger partial charge in [0.1, 0.15) is 0 Å². The van der Waals surface area contributed by atoms with Gasteiger partial charge in [0.05, 0.1) is 23.5 Å². The number of hydrogen-bond donors (Lipinski definition) is 0. The number of aromatic nitrogens is 2. The molecule has 0 N–H and O–H groups in total. The van der Waals surface area contributed by atoms with E-state index >= 15 is 0 Å². The molecule has 0 spiro atoms. The molecular formula is C13H13IN2O3. The van der Waals surface area contributed by atoms with Gasteiger partial charge in [-0.2, -0.15) is 0 Å². The highest BCUT2D eigenvalue weighted by Gasteiger charge is 2.13. The van der Waals surface area contributed by atoms with Crippen molar-refractivity contribution in [2.45, 2.75) is 6.92 Å².